The Hall–Kier alpha value is -3.10. The highest BCUT2D eigenvalue weighted by molar-refractivity contribution is 5.87. The molecule has 2 amide bonds. The number of hydrogen-bond acceptors (Lipinski definition) is 5. The molecule has 0 saturated carbocycles. The van der Waals surface area contributed by atoms with E-state index in [-0.39, 0.29) is 19.4 Å². The van der Waals surface area contributed by atoms with Crippen LogP contribution in [0.25, 0.3) is 0 Å². The van der Waals surface area contributed by atoms with Crippen molar-refractivity contribution < 1.29 is 34.1 Å². The van der Waals surface area contributed by atoms with E-state index in [0.29, 0.717) is 0 Å². The van der Waals surface area contributed by atoms with Crippen LogP contribution in [0, 0.1) is 0 Å². The van der Waals surface area contributed by atoms with Crippen molar-refractivity contribution in [2.45, 2.75) is 44.9 Å². The minimum atomic E-state index is -1.47. The summed E-state index contributed by atoms with van der Waals surface area (Å²) in [7, 11) is 0. The third-order valence-electron chi connectivity index (χ3n) is 3.45. The number of alkyl carbamates (subject to hydrolysis) is 1. The zero-order valence-corrected chi connectivity index (χ0v) is 14.5. The van der Waals surface area contributed by atoms with E-state index in [1.165, 1.54) is 13.8 Å². The molecule has 1 rings (SSSR count). The largest absolute Gasteiger partial charge is 0.480 e. The lowest BCUT2D eigenvalue weighted by atomic mass is 10.1. The van der Waals surface area contributed by atoms with E-state index in [1.807, 2.05) is 0 Å². The summed E-state index contributed by atoms with van der Waals surface area (Å²) in [4.78, 5) is 45.7. The van der Waals surface area contributed by atoms with Gasteiger partial charge in [-0.2, -0.15) is 0 Å². The van der Waals surface area contributed by atoms with E-state index >= 15 is 0 Å². The predicted molar refractivity (Wildman–Crippen MR) is 90.3 cm³/mol. The molecule has 0 heterocycles. The maximum absolute atomic E-state index is 11.8. The van der Waals surface area contributed by atoms with Crippen molar-refractivity contribution in [1.82, 2.24) is 10.6 Å². The van der Waals surface area contributed by atoms with Gasteiger partial charge in [-0.25, -0.2) is 14.4 Å². The molecule has 0 fully saturated rings. The number of nitrogens with one attached hydrogen (secondary N) is 2. The molecule has 9 nitrogen and oxygen atoms in total. The number of benzene rings is 1. The number of ether oxygens (including phenoxy) is 1. The Morgan fingerprint density at radius 2 is 1.73 bits per heavy atom. The van der Waals surface area contributed by atoms with Crippen LogP contribution in [0.4, 0.5) is 4.79 Å². The van der Waals surface area contributed by atoms with Crippen molar-refractivity contribution in [2.24, 2.45) is 0 Å². The maximum atomic E-state index is 11.8. The second kappa shape index (κ2) is 9.40. The highest BCUT2D eigenvalue weighted by Gasteiger charge is 2.29. The van der Waals surface area contributed by atoms with Gasteiger partial charge in [-0.1, -0.05) is 30.3 Å². The van der Waals surface area contributed by atoms with Crippen LogP contribution < -0.4 is 10.6 Å². The van der Waals surface area contributed by atoms with Gasteiger partial charge in [0.15, 0.2) is 0 Å². The van der Waals surface area contributed by atoms with Gasteiger partial charge in [0.05, 0.1) is 0 Å². The summed E-state index contributed by atoms with van der Waals surface area (Å²) in [6.07, 6.45) is -1.41. The number of carbonyl (C=O) groups is 4. The summed E-state index contributed by atoms with van der Waals surface area (Å²) < 4.78 is 4.94. The van der Waals surface area contributed by atoms with Crippen molar-refractivity contribution >= 4 is 23.9 Å². The molecule has 26 heavy (non-hydrogen) atoms. The number of aliphatic carboxylic acids is 2. The van der Waals surface area contributed by atoms with Gasteiger partial charge in [-0.3, -0.25) is 4.79 Å². The lowest BCUT2D eigenvalue weighted by molar-refractivity contribution is -0.146. The normalized spacial score (nSPS) is 11.9. The Bertz CT molecular complexity index is 658. The van der Waals surface area contributed by atoms with E-state index in [1.54, 1.807) is 30.3 Å². The average Bonchev–Trinajstić information content (AvgIpc) is 2.56. The summed E-state index contributed by atoms with van der Waals surface area (Å²) in [5.41, 5.74) is -0.734. The highest BCUT2D eigenvalue weighted by atomic mass is 16.5. The van der Waals surface area contributed by atoms with E-state index < -0.39 is 35.5 Å². The standard InChI is InChI=1S/C17H22N2O7/c1-17(2,15(23)24)19-13(20)9-8-12(14(21)22)18-16(25)26-10-11-6-4-3-5-7-11/h3-7,12H,8-10H2,1-2H3,(H,18,25)(H,19,20)(H,21,22)(H,23,24)/t12-/m0/s1. The Morgan fingerprint density at radius 1 is 1.12 bits per heavy atom. The minimum Gasteiger partial charge on any atom is -0.480 e. The number of hydrogen-bond donors (Lipinski definition) is 4. The average molecular weight is 366 g/mol. The zero-order valence-electron chi connectivity index (χ0n) is 14.5. The first-order chi connectivity index (χ1) is 12.1. The summed E-state index contributed by atoms with van der Waals surface area (Å²) in [6, 6.07) is 7.51. The minimum absolute atomic E-state index is 0.0215. The van der Waals surface area contributed by atoms with Crippen LogP contribution in [0.1, 0.15) is 32.3 Å². The molecule has 0 aliphatic carbocycles. The van der Waals surface area contributed by atoms with E-state index in [4.69, 9.17) is 14.9 Å². The van der Waals surface area contributed by atoms with Crippen molar-refractivity contribution in [3.63, 3.8) is 0 Å². The molecule has 1 atom stereocenters. The van der Waals surface area contributed by atoms with Gasteiger partial charge in [-0.05, 0) is 25.8 Å². The van der Waals surface area contributed by atoms with Crippen LogP contribution in [0.5, 0.6) is 0 Å². The number of carboxylic acid groups (broad SMARTS) is 2. The van der Waals surface area contributed by atoms with Crippen molar-refractivity contribution in [1.29, 1.82) is 0 Å². The number of carboxylic acids is 2. The Kier molecular flexibility index (Phi) is 7.57. The van der Waals surface area contributed by atoms with Gasteiger partial charge in [0.2, 0.25) is 5.91 Å². The maximum Gasteiger partial charge on any atom is 0.408 e. The monoisotopic (exact) mass is 366 g/mol. The molecule has 0 aliphatic rings. The van der Waals surface area contributed by atoms with Crippen LogP contribution in [-0.2, 0) is 25.7 Å². The SMILES string of the molecule is CC(C)(NC(=O)CC[C@H](NC(=O)OCc1ccccc1)C(=O)O)C(=O)O. The number of amides is 2. The highest BCUT2D eigenvalue weighted by Crippen LogP contribution is 2.06. The molecule has 0 spiro atoms. The van der Waals surface area contributed by atoms with E-state index in [0.717, 1.165) is 5.56 Å². The van der Waals surface area contributed by atoms with E-state index in [2.05, 4.69) is 10.6 Å². The second-order valence-corrected chi connectivity index (χ2v) is 6.11. The molecule has 0 aliphatic heterocycles. The molecular formula is C17H22N2O7. The van der Waals surface area contributed by atoms with Crippen LogP contribution in [0.15, 0.2) is 30.3 Å². The molecule has 142 valence electrons. The summed E-state index contributed by atoms with van der Waals surface area (Å²) >= 11 is 0. The van der Waals surface area contributed by atoms with Gasteiger partial charge < -0.3 is 25.6 Å². The fourth-order valence-electron chi connectivity index (χ4n) is 1.90. The second-order valence-electron chi connectivity index (χ2n) is 6.11. The van der Waals surface area contributed by atoms with Gasteiger partial charge in [0.25, 0.3) is 0 Å². The Balaban J connectivity index is 2.48. The van der Waals surface area contributed by atoms with Gasteiger partial charge in [-0.15, -0.1) is 0 Å². The van der Waals surface area contributed by atoms with Crippen LogP contribution >= 0.6 is 0 Å². The summed E-state index contributed by atoms with van der Waals surface area (Å²) in [6.45, 7) is 2.59. The molecule has 0 radical (unpaired) electrons. The van der Waals surface area contributed by atoms with Crippen molar-refractivity contribution in [3.8, 4) is 0 Å². The molecule has 1 aromatic rings. The quantitative estimate of drug-likeness (QED) is 0.513. The molecule has 0 aromatic heterocycles. The summed E-state index contributed by atoms with van der Waals surface area (Å²) in [5, 5.41) is 22.5. The Morgan fingerprint density at radius 3 is 2.27 bits per heavy atom. The molecule has 9 heteroatoms. The smallest absolute Gasteiger partial charge is 0.408 e. The molecule has 0 saturated heterocycles. The van der Waals surface area contributed by atoms with Crippen molar-refractivity contribution in [2.75, 3.05) is 0 Å². The predicted octanol–water partition coefficient (Wildman–Crippen LogP) is 1.13. The van der Waals surface area contributed by atoms with Crippen molar-refractivity contribution in [3.05, 3.63) is 35.9 Å². The topological polar surface area (TPSA) is 142 Å². The lowest BCUT2D eigenvalue weighted by Crippen LogP contribution is -2.50. The van der Waals surface area contributed by atoms with Gasteiger partial charge in [0.1, 0.15) is 18.2 Å². The van der Waals surface area contributed by atoms with Gasteiger partial charge >= 0.3 is 18.0 Å². The molecular weight excluding hydrogens is 344 g/mol. The first-order valence-corrected chi connectivity index (χ1v) is 7.86. The fraction of sp³-hybridized carbons (Fsp3) is 0.412. The fourth-order valence-corrected chi connectivity index (χ4v) is 1.90. The molecule has 0 bridgehead atoms. The number of rotatable bonds is 9. The van der Waals surface area contributed by atoms with Crippen LogP contribution in [0.3, 0.4) is 0 Å². The molecule has 1 aromatic carbocycles. The first-order valence-electron chi connectivity index (χ1n) is 7.86. The number of carbonyl (C=O) groups excluding carboxylic acids is 2. The Labute approximate surface area is 150 Å². The van der Waals surface area contributed by atoms with E-state index in [9.17, 15) is 19.2 Å². The molecule has 4 N–H and O–H groups in total. The molecule has 0 unspecified atom stereocenters. The first kappa shape index (κ1) is 20.9. The lowest BCUT2D eigenvalue weighted by Gasteiger charge is -2.21. The van der Waals surface area contributed by atoms with Gasteiger partial charge in [0, 0.05) is 6.42 Å². The zero-order chi connectivity index (χ0) is 19.7. The third-order valence-corrected chi connectivity index (χ3v) is 3.45. The van der Waals surface area contributed by atoms with Crippen LogP contribution in [-0.4, -0.2) is 45.7 Å². The summed E-state index contributed by atoms with van der Waals surface area (Å²) in [5.74, 6) is -3.18. The third kappa shape index (κ3) is 7.20. The van der Waals surface area contributed by atoms with Crippen LogP contribution in [0.2, 0.25) is 0 Å².